The molecule has 3 heterocycles. The highest BCUT2D eigenvalue weighted by Gasteiger charge is 2.20. The van der Waals surface area contributed by atoms with Crippen LogP contribution < -0.4 is 10.2 Å². The Kier molecular flexibility index (Phi) is 6.00. The molecule has 146 valence electrons. The van der Waals surface area contributed by atoms with E-state index < -0.39 is 0 Å². The average Bonchev–Trinajstić information content (AvgIpc) is 3.38. The Morgan fingerprint density at radius 3 is 2.79 bits per heavy atom. The van der Waals surface area contributed by atoms with Crippen LogP contribution in [0, 0.1) is 3.57 Å². The van der Waals surface area contributed by atoms with Gasteiger partial charge in [0.2, 0.25) is 0 Å². The Morgan fingerprint density at radius 1 is 1.25 bits per heavy atom. The SMILES string of the molecule is CSc1nc(N2CCCC2)c2cnn(CCNC(=O)c3ccccc3I)c2n1. The number of thioether (sulfide) groups is 1. The largest absolute Gasteiger partial charge is 0.356 e. The summed E-state index contributed by atoms with van der Waals surface area (Å²) in [5.74, 6) is 0.902. The van der Waals surface area contributed by atoms with Gasteiger partial charge in [0.25, 0.3) is 5.91 Å². The molecule has 1 saturated heterocycles. The van der Waals surface area contributed by atoms with Crippen molar-refractivity contribution in [2.24, 2.45) is 0 Å². The first-order chi connectivity index (χ1) is 13.7. The van der Waals surface area contributed by atoms with Crippen molar-refractivity contribution >= 4 is 57.1 Å². The van der Waals surface area contributed by atoms with Crippen molar-refractivity contribution in [3.05, 3.63) is 39.6 Å². The summed E-state index contributed by atoms with van der Waals surface area (Å²) >= 11 is 3.71. The van der Waals surface area contributed by atoms with Crippen LogP contribution in [-0.4, -0.2) is 51.5 Å². The van der Waals surface area contributed by atoms with Crippen LogP contribution in [0.2, 0.25) is 0 Å². The second-order valence-electron chi connectivity index (χ2n) is 6.57. The molecular formula is C19H21IN6OS. The molecule has 0 unspecified atom stereocenters. The fourth-order valence-corrected chi connectivity index (χ4v) is 4.35. The number of benzene rings is 1. The number of nitrogens with zero attached hydrogens (tertiary/aromatic N) is 5. The summed E-state index contributed by atoms with van der Waals surface area (Å²) in [7, 11) is 0. The van der Waals surface area contributed by atoms with Gasteiger partial charge in [-0.3, -0.25) is 4.79 Å². The fourth-order valence-electron chi connectivity index (χ4n) is 3.36. The second kappa shape index (κ2) is 8.64. The molecule has 0 radical (unpaired) electrons. The van der Waals surface area contributed by atoms with Crippen LogP contribution in [0.1, 0.15) is 23.2 Å². The van der Waals surface area contributed by atoms with Crippen molar-refractivity contribution < 1.29 is 4.79 Å². The Hall–Kier alpha value is -1.88. The predicted octanol–water partition coefficient (Wildman–Crippen LogP) is 3.18. The molecule has 1 amide bonds. The number of carbonyl (C=O) groups is 1. The van der Waals surface area contributed by atoms with E-state index in [2.05, 4.69) is 42.9 Å². The lowest BCUT2D eigenvalue weighted by Gasteiger charge is -2.17. The molecule has 0 bridgehead atoms. The monoisotopic (exact) mass is 508 g/mol. The van der Waals surface area contributed by atoms with Crippen LogP contribution in [0.4, 0.5) is 5.82 Å². The van der Waals surface area contributed by atoms with E-state index in [4.69, 9.17) is 4.98 Å². The molecule has 28 heavy (non-hydrogen) atoms. The van der Waals surface area contributed by atoms with Gasteiger partial charge in [-0.2, -0.15) is 5.10 Å². The summed E-state index contributed by atoms with van der Waals surface area (Å²) in [6.45, 7) is 3.09. The number of hydrogen-bond donors (Lipinski definition) is 1. The van der Waals surface area contributed by atoms with Gasteiger partial charge in [-0.1, -0.05) is 23.9 Å². The molecule has 1 aliphatic rings. The summed E-state index contributed by atoms with van der Waals surface area (Å²) in [4.78, 5) is 24.1. The average molecular weight is 508 g/mol. The normalized spacial score (nSPS) is 14.0. The summed E-state index contributed by atoms with van der Waals surface area (Å²) in [6, 6.07) is 7.56. The smallest absolute Gasteiger partial charge is 0.252 e. The fraction of sp³-hybridized carbons (Fsp3) is 0.368. The molecule has 9 heteroatoms. The molecule has 0 atom stereocenters. The van der Waals surface area contributed by atoms with Gasteiger partial charge < -0.3 is 10.2 Å². The van der Waals surface area contributed by atoms with Gasteiger partial charge in [-0.15, -0.1) is 0 Å². The van der Waals surface area contributed by atoms with Crippen molar-refractivity contribution in [2.75, 3.05) is 30.8 Å². The van der Waals surface area contributed by atoms with Crippen molar-refractivity contribution in [1.29, 1.82) is 0 Å². The number of nitrogens with one attached hydrogen (secondary N) is 1. The van der Waals surface area contributed by atoms with Crippen molar-refractivity contribution in [3.63, 3.8) is 0 Å². The highest BCUT2D eigenvalue weighted by molar-refractivity contribution is 14.1. The minimum atomic E-state index is -0.0707. The Labute approximate surface area is 181 Å². The number of fused-ring (bicyclic) bond motifs is 1. The molecule has 7 nitrogen and oxygen atoms in total. The van der Waals surface area contributed by atoms with Crippen LogP contribution in [0.5, 0.6) is 0 Å². The molecule has 2 aromatic heterocycles. The van der Waals surface area contributed by atoms with Crippen LogP contribution in [0.15, 0.2) is 35.6 Å². The zero-order chi connectivity index (χ0) is 19.5. The van der Waals surface area contributed by atoms with E-state index in [1.807, 2.05) is 41.4 Å². The van der Waals surface area contributed by atoms with E-state index >= 15 is 0 Å². The first-order valence-electron chi connectivity index (χ1n) is 9.22. The molecule has 1 fully saturated rings. The minimum Gasteiger partial charge on any atom is -0.356 e. The predicted molar refractivity (Wildman–Crippen MR) is 120 cm³/mol. The third-order valence-corrected chi connectivity index (χ3v) is 6.26. The van der Waals surface area contributed by atoms with E-state index in [1.54, 1.807) is 0 Å². The molecule has 3 aromatic rings. The first kappa shape index (κ1) is 19.4. The van der Waals surface area contributed by atoms with Crippen LogP contribution in [0.25, 0.3) is 11.0 Å². The maximum atomic E-state index is 12.4. The van der Waals surface area contributed by atoms with Crippen LogP contribution in [0.3, 0.4) is 0 Å². The molecule has 0 spiro atoms. The van der Waals surface area contributed by atoms with Gasteiger partial charge in [0.1, 0.15) is 5.82 Å². The van der Waals surface area contributed by atoms with Gasteiger partial charge in [0, 0.05) is 23.2 Å². The highest BCUT2D eigenvalue weighted by Crippen LogP contribution is 2.28. The minimum absolute atomic E-state index is 0.0707. The topological polar surface area (TPSA) is 75.9 Å². The second-order valence-corrected chi connectivity index (χ2v) is 8.50. The zero-order valence-electron chi connectivity index (χ0n) is 15.6. The number of aromatic nitrogens is 4. The highest BCUT2D eigenvalue weighted by atomic mass is 127. The van der Waals surface area contributed by atoms with Crippen molar-refractivity contribution in [2.45, 2.75) is 24.5 Å². The van der Waals surface area contributed by atoms with Gasteiger partial charge >= 0.3 is 0 Å². The van der Waals surface area contributed by atoms with Crippen molar-refractivity contribution in [3.8, 4) is 0 Å². The number of halogens is 1. The van der Waals surface area contributed by atoms with Crippen LogP contribution in [-0.2, 0) is 6.54 Å². The van der Waals surface area contributed by atoms with E-state index in [-0.39, 0.29) is 5.91 Å². The number of amides is 1. The van der Waals surface area contributed by atoms with E-state index in [0.29, 0.717) is 18.7 Å². The Bertz CT molecular complexity index is 1000. The molecular weight excluding hydrogens is 487 g/mol. The summed E-state index contributed by atoms with van der Waals surface area (Å²) < 4.78 is 2.79. The molecule has 1 aromatic carbocycles. The van der Waals surface area contributed by atoms with Gasteiger partial charge in [0.05, 0.1) is 23.7 Å². The quantitative estimate of drug-likeness (QED) is 0.313. The lowest BCUT2D eigenvalue weighted by atomic mass is 10.2. The molecule has 1 N–H and O–H groups in total. The number of rotatable bonds is 6. The van der Waals surface area contributed by atoms with Crippen LogP contribution >= 0.6 is 34.4 Å². The molecule has 0 aliphatic carbocycles. The van der Waals surface area contributed by atoms with E-state index in [1.165, 1.54) is 24.6 Å². The Morgan fingerprint density at radius 2 is 2.04 bits per heavy atom. The van der Waals surface area contributed by atoms with Gasteiger partial charge in [-0.05, 0) is 53.8 Å². The molecule has 4 rings (SSSR count). The summed E-state index contributed by atoms with van der Waals surface area (Å²) in [6.07, 6.45) is 6.21. The zero-order valence-corrected chi connectivity index (χ0v) is 18.5. The molecule has 0 saturated carbocycles. The number of hydrogen-bond acceptors (Lipinski definition) is 6. The summed E-state index contributed by atoms with van der Waals surface area (Å²) in [5.41, 5.74) is 1.52. The lowest BCUT2D eigenvalue weighted by Crippen LogP contribution is -2.28. The number of anilines is 1. The van der Waals surface area contributed by atoms with Crippen molar-refractivity contribution in [1.82, 2.24) is 25.1 Å². The lowest BCUT2D eigenvalue weighted by molar-refractivity contribution is 0.0951. The third-order valence-electron chi connectivity index (χ3n) is 4.77. The van der Waals surface area contributed by atoms with E-state index in [0.717, 1.165) is 38.7 Å². The maximum absolute atomic E-state index is 12.4. The maximum Gasteiger partial charge on any atom is 0.252 e. The number of carbonyl (C=O) groups excluding carboxylic acids is 1. The standard InChI is InChI=1S/C19H21IN6OS/c1-28-19-23-16(25-9-4-5-10-25)14-12-22-26(17(14)24-19)11-8-21-18(27)13-6-2-3-7-15(13)20/h2-3,6-7,12H,4-5,8-11H2,1H3,(H,21,27). The third kappa shape index (κ3) is 3.95. The Balaban J connectivity index is 1.52. The molecule has 1 aliphatic heterocycles. The van der Waals surface area contributed by atoms with Gasteiger partial charge in [0.15, 0.2) is 10.8 Å². The van der Waals surface area contributed by atoms with Gasteiger partial charge in [-0.25, -0.2) is 14.6 Å². The summed E-state index contributed by atoms with van der Waals surface area (Å²) in [5, 5.41) is 9.22. The first-order valence-corrected chi connectivity index (χ1v) is 11.5. The van der Waals surface area contributed by atoms with E-state index in [9.17, 15) is 4.79 Å².